The van der Waals surface area contributed by atoms with Gasteiger partial charge in [-0.15, -0.1) is 0 Å². The molecule has 1 aromatic rings. The molecule has 2 amide bonds. The number of hydrogen-bond donors (Lipinski definition) is 0. The summed E-state index contributed by atoms with van der Waals surface area (Å²) in [4.78, 5) is 38.6. The molecule has 1 saturated carbocycles. The Hall–Kier alpha value is -2.52. The number of rotatable bonds is 2. The number of imide groups is 1. The molecule has 1 aliphatic heterocycles. The van der Waals surface area contributed by atoms with Gasteiger partial charge in [-0.2, -0.15) is 17.6 Å². The summed E-state index contributed by atoms with van der Waals surface area (Å²) in [6.45, 7) is 0. The maximum atomic E-state index is 13.5. The molecule has 10 heteroatoms. The third-order valence-corrected chi connectivity index (χ3v) is 3.41. The second kappa shape index (κ2) is 3.81. The number of benzene rings is 1. The maximum absolute atomic E-state index is 13.5. The maximum Gasteiger partial charge on any atom is 0.383 e. The zero-order chi connectivity index (χ0) is 16.5. The van der Waals surface area contributed by atoms with Gasteiger partial charge in [0, 0.05) is 0 Å². The Morgan fingerprint density at radius 1 is 0.909 bits per heavy atom. The molecule has 1 aromatic carbocycles. The Morgan fingerprint density at radius 2 is 1.32 bits per heavy atom. The normalized spacial score (nSPS) is 23.2. The van der Waals surface area contributed by atoms with E-state index in [1.165, 1.54) is 12.1 Å². The lowest BCUT2D eigenvalue weighted by molar-refractivity contribution is -0.182. The summed E-state index contributed by atoms with van der Waals surface area (Å²) >= 11 is 0. The highest BCUT2D eigenvalue weighted by Gasteiger charge is 3.04. The van der Waals surface area contributed by atoms with Gasteiger partial charge in [0.05, 0.1) is 11.1 Å². The molecule has 3 rings (SSSR count). The molecule has 0 saturated heterocycles. The van der Waals surface area contributed by atoms with Gasteiger partial charge in [0.1, 0.15) is 0 Å². The van der Waals surface area contributed by atoms with Crippen molar-refractivity contribution in [2.45, 2.75) is 17.5 Å². The Labute approximate surface area is 118 Å². The molecule has 116 valence electrons. The van der Waals surface area contributed by atoms with Gasteiger partial charge in [-0.1, -0.05) is 17.2 Å². The van der Waals surface area contributed by atoms with E-state index in [0.29, 0.717) is 0 Å². The van der Waals surface area contributed by atoms with E-state index < -0.39 is 35.3 Å². The summed E-state index contributed by atoms with van der Waals surface area (Å²) in [5, 5.41) is -0.321. The number of nitrogens with zero attached hydrogens (tertiary/aromatic N) is 1. The van der Waals surface area contributed by atoms with Crippen molar-refractivity contribution in [3.8, 4) is 0 Å². The van der Waals surface area contributed by atoms with Gasteiger partial charge in [-0.05, 0) is 12.1 Å². The fourth-order valence-electron chi connectivity index (χ4n) is 2.04. The number of carbonyl (C=O) groups is 3. The number of fused-ring (bicyclic) bond motifs is 1. The predicted octanol–water partition coefficient (Wildman–Crippen LogP) is 1.73. The largest absolute Gasteiger partial charge is 0.383 e. The van der Waals surface area contributed by atoms with E-state index in [1.54, 1.807) is 0 Å². The van der Waals surface area contributed by atoms with Crippen LogP contribution in [-0.2, 0) is 9.63 Å². The lowest BCUT2D eigenvalue weighted by Crippen LogP contribution is -2.39. The van der Waals surface area contributed by atoms with Crippen LogP contribution >= 0.6 is 0 Å². The van der Waals surface area contributed by atoms with Gasteiger partial charge < -0.3 is 4.84 Å². The number of alkyl halides is 5. The van der Waals surface area contributed by atoms with Gasteiger partial charge >= 0.3 is 23.5 Å². The van der Waals surface area contributed by atoms with E-state index in [-0.39, 0.29) is 16.2 Å². The summed E-state index contributed by atoms with van der Waals surface area (Å²) in [6, 6.07) is 5.04. The van der Waals surface area contributed by atoms with Crippen LogP contribution < -0.4 is 0 Å². The number of halogens is 5. The lowest BCUT2D eigenvalue weighted by atomic mass is 10.1. The first-order valence-corrected chi connectivity index (χ1v) is 5.72. The van der Waals surface area contributed by atoms with Crippen molar-refractivity contribution in [1.29, 1.82) is 0 Å². The number of hydroxylamine groups is 2. The van der Waals surface area contributed by atoms with Crippen molar-refractivity contribution in [1.82, 2.24) is 5.06 Å². The summed E-state index contributed by atoms with van der Waals surface area (Å²) in [5.74, 6) is -15.7. The van der Waals surface area contributed by atoms with Gasteiger partial charge in [0.25, 0.3) is 11.8 Å². The highest BCUT2D eigenvalue weighted by atomic mass is 19.3. The molecule has 22 heavy (non-hydrogen) atoms. The van der Waals surface area contributed by atoms with E-state index in [4.69, 9.17) is 0 Å². The monoisotopic (exact) mass is 321 g/mol. The van der Waals surface area contributed by atoms with Crippen molar-refractivity contribution in [2.75, 3.05) is 0 Å². The fraction of sp³-hybridized carbons (Fsp3) is 0.250. The molecule has 1 aliphatic carbocycles. The lowest BCUT2D eigenvalue weighted by Gasteiger charge is -2.13. The third kappa shape index (κ3) is 1.34. The van der Waals surface area contributed by atoms with Gasteiger partial charge in [0.2, 0.25) is 0 Å². The molecular formula is C12H4F5NO4. The zero-order valence-electron chi connectivity index (χ0n) is 10.3. The Balaban J connectivity index is 1.86. The molecule has 5 nitrogen and oxygen atoms in total. The second-order valence-electron chi connectivity index (χ2n) is 4.64. The Morgan fingerprint density at radius 3 is 1.68 bits per heavy atom. The summed E-state index contributed by atoms with van der Waals surface area (Å²) in [5.41, 5.74) is -5.37. The summed E-state index contributed by atoms with van der Waals surface area (Å²) < 4.78 is 64.4. The smallest absolute Gasteiger partial charge is 0.326 e. The Bertz CT molecular complexity index is 683. The molecule has 0 atom stereocenters. The van der Waals surface area contributed by atoms with Gasteiger partial charge in [-0.3, -0.25) is 9.59 Å². The topological polar surface area (TPSA) is 63.7 Å². The van der Waals surface area contributed by atoms with Crippen LogP contribution in [0.2, 0.25) is 0 Å². The molecule has 0 radical (unpaired) electrons. The fourth-order valence-corrected chi connectivity index (χ4v) is 2.04. The molecular weight excluding hydrogens is 317 g/mol. The number of carbonyl (C=O) groups excluding carboxylic acids is 3. The van der Waals surface area contributed by atoms with E-state index in [1.807, 2.05) is 0 Å². The van der Waals surface area contributed by atoms with Crippen molar-refractivity contribution < 1.29 is 41.2 Å². The van der Waals surface area contributed by atoms with E-state index in [0.717, 1.165) is 12.1 Å². The standard InChI is InChI=1S/C12H4F5NO4/c13-10(11(14,15)12(10,16)17)9(21)22-18-7(19)5-3-1-2-4-6(5)8(18)20/h1-4H. The van der Waals surface area contributed by atoms with Crippen LogP contribution in [0.15, 0.2) is 24.3 Å². The highest BCUT2D eigenvalue weighted by molar-refractivity contribution is 6.21. The number of hydrogen-bond acceptors (Lipinski definition) is 4. The first kappa shape index (κ1) is 14.4. The van der Waals surface area contributed by atoms with Crippen molar-refractivity contribution in [2.24, 2.45) is 0 Å². The summed E-state index contributed by atoms with van der Waals surface area (Å²) in [6.07, 6.45) is 0. The van der Waals surface area contributed by atoms with Gasteiger partial charge in [0.15, 0.2) is 0 Å². The predicted molar refractivity (Wildman–Crippen MR) is 56.8 cm³/mol. The van der Waals surface area contributed by atoms with E-state index in [9.17, 15) is 36.3 Å². The van der Waals surface area contributed by atoms with Crippen LogP contribution in [0, 0.1) is 0 Å². The molecule has 0 N–H and O–H groups in total. The molecule has 1 heterocycles. The molecule has 2 aliphatic rings. The van der Waals surface area contributed by atoms with Crippen LogP contribution in [0.4, 0.5) is 22.0 Å². The van der Waals surface area contributed by atoms with E-state index in [2.05, 4.69) is 4.84 Å². The van der Waals surface area contributed by atoms with Crippen molar-refractivity contribution in [3.05, 3.63) is 35.4 Å². The zero-order valence-corrected chi connectivity index (χ0v) is 10.3. The molecule has 0 unspecified atom stereocenters. The molecule has 0 bridgehead atoms. The first-order chi connectivity index (χ1) is 10.1. The van der Waals surface area contributed by atoms with Crippen molar-refractivity contribution in [3.63, 3.8) is 0 Å². The van der Waals surface area contributed by atoms with E-state index >= 15 is 0 Å². The third-order valence-electron chi connectivity index (χ3n) is 3.41. The van der Waals surface area contributed by atoms with Crippen LogP contribution in [0.25, 0.3) is 0 Å². The first-order valence-electron chi connectivity index (χ1n) is 5.72. The Kier molecular flexibility index (Phi) is 2.50. The highest BCUT2D eigenvalue weighted by Crippen LogP contribution is 2.68. The molecule has 0 spiro atoms. The minimum atomic E-state index is -5.27. The van der Waals surface area contributed by atoms with Crippen LogP contribution in [0.5, 0.6) is 0 Å². The van der Waals surface area contributed by atoms with Crippen molar-refractivity contribution >= 4 is 17.8 Å². The van der Waals surface area contributed by atoms with Crippen LogP contribution in [0.1, 0.15) is 20.7 Å². The minimum absolute atomic E-state index is 0.234. The molecule has 1 fully saturated rings. The average molecular weight is 321 g/mol. The second-order valence-corrected chi connectivity index (χ2v) is 4.64. The minimum Gasteiger partial charge on any atom is -0.326 e. The number of amides is 2. The molecule has 0 aromatic heterocycles. The summed E-state index contributed by atoms with van der Waals surface area (Å²) in [7, 11) is 0. The van der Waals surface area contributed by atoms with Crippen LogP contribution in [-0.4, -0.2) is 40.4 Å². The SMILES string of the molecule is O=C1c2ccccc2C(=O)N1OC(=O)C1(F)C(F)(F)C1(F)F. The average Bonchev–Trinajstić information content (AvgIpc) is 2.68. The quantitative estimate of drug-likeness (QED) is 0.615. The van der Waals surface area contributed by atoms with Gasteiger partial charge in [-0.25, -0.2) is 9.18 Å². The van der Waals surface area contributed by atoms with Crippen LogP contribution in [0.3, 0.4) is 0 Å².